The van der Waals surface area contributed by atoms with Gasteiger partial charge in [0.05, 0.1) is 0 Å². The van der Waals surface area contributed by atoms with Gasteiger partial charge in [0.1, 0.15) is 17.1 Å². The molecule has 0 aromatic carbocycles. The van der Waals surface area contributed by atoms with Crippen LogP contribution >= 0.6 is 0 Å². The van der Waals surface area contributed by atoms with Gasteiger partial charge < -0.3 is 9.29 Å². The summed E-state index contributed by atoms with van der Waals surface area (Å²) in [5.41, 5.74) is -5.50. The Morgan fingerprint density at radius 1 is 1.06 bits per heavy atom. The number of ketones is 1. The van der Waals surface area contributed by atoms with E-state index in [1.54, 1.807) is 6.92 Å². The van der Waals surface area contributed by atoms with Gasteiger partial charge in [-0.05, 0) is 81.0 Å². The number of carbonyl (C=O) groups is 2. The minimum absolute atomic E-state index is 0.0505. The van der Waals surface area contributed by atoms with Gasteiger partial charge in [0, 0.05) is 23.8 Å². The Balaban J connectivity index is 0.000000350. The molecule has 0 unspecified atom stereocenters. The fourth-order valence-corrected chi connectivity index (χ4v) is 8.91. The van der Waals surface area contributed by atoms with Crippen LogP contribution in [0.2, 0.25) is 0 Å². The summed E-state index contributed by atoms with van der Waals surface area (Å²) in [5, 5.41) is 0. The Morgan fingerprint density at radius 3 is 1.82 bits per heavy atom. The summed E-state index contributed by atoms with van der Waals surface area (Å²) in [7, 11) is -5.91. The molecular formula is C23H33F3O6S2. The van der Waals surface area contributed by atoms with Crippen molar-refractivity contribution >= 4 is 32.8 Å². The number of halogens is 3. The lowest BCUT2D eigenvalue weighted by molar-refractivity contribution is -0.153. The van der Waals surface area contributed by atoms with Gasteiger partial charge in [0.2, 0.25) is 0 Å². The number of alkyl halides is 3. The molecule has 6 nitrogen and oxygen atoms in total. The molecule has 5 aliphatic rings. The molecule has 0 atom stereocenters. The van der Waals surface area contributed by atoms with E-state index in [9.17, 15) is 22.8 Å². The summed E-state index contributed by atoms with van der Waals surface area (Å²) in [6.07, 6.45) is 9.49. The van der Waals surface area contributed by atoms with Crippen LogP contribution in [0.25, 0.3) is 0 Å². The lowest BCUT2D eigenvalue weighted by Crippen LogP contribution is -2.52. The molecule has 0 aromatic heterocycles. The average molecular weight is 527 g/mol. The molecule has 0 aromatic rings. The number of esters is 1. The van der Waals surface area contributed by atoms with Gasteiger partial charge in [-0.15, -0.1) is 0 Å². The molecule has 4 bridgehead atoms. The van der Waals surface area contributed by atoms with Crippen LogP contribution in [0.15, 0.2) is 12.2 Å². The Bertz CT molecular complexity index is 884. The highest BCUT2D eigenvalue weighted by Gasteiger charge is 2.55. The van der Waals surface area contributed by atoms with Crippen LogP contribution in [0.3, 0.4) is 0 Å². The lowest BCUT2D eigenvalue weighted by Gasteiger charge is -2.55. The van der Waals surface area contributed by atoms with Gasteiger partial charge in [0.25, 0.3) is 0 Å². The van der Waals surface area contributed by atoms with Crippen molar-refractivity contribution in [2.45, 2.75) is 76.3 Å². The maximum absolute atomic E-state index is 13.3. The number of carbonyl (C=O) groups excluding carboxylic acids is 2. The van der Waals surface area contributed by atoms with E-state index in [0.29, 0.717) is 11.4 Å². The highest BCUT2D eigenvalue weighted by atomic mass is 32.2. The molecule has 34 heavy (non-hydrogen) atoms. The van der Waals surface area contributed by atoms with Crippen LogP contribution in [-0.4, -0.2) is 53.1 Å². The van der Waals surface area contributed by atoms with Crippen molar-refractivity contribution in [3.63, 3.8) is 0 Å². The number of hydrogen-bond donors (Lipinski definition) is 0. The fraction of sp³-hybridized carbons (Fsp3) is 0.826. The maximum atomic E-state index is 13.3. The second-order valence-electron chi connectivity index (χ2n) is 10.8. The minimum atomic E-state index is -6.09. The summed E-state index contributed by atoms with van der Waals surface area (Å²) in [6.45, 7) is 7.41. The molecule has 194 valence electrons. The third kappa shape index (κ3) is 6.37. The molecule has 1 aliphatic heterocycles. The van der Waals surface area contributed by atoms with E-state index >= 15 is 0 Å². The summed E-state index contributed by atoms with van der Waals surface area (Å²) < 4.78 is 64.6. The van der Waals surface area contributed by atoms with Crippen LogP contribution in [-0.2, 0) is 35.3 Å². The highest BCUT2D eigenvalue weighted by molar-refractivity contribution is 7.97. The first kappa shape index (κ1) is 27.5. The van der Waals surface area contributed by atoms with Crippen LogP contribution in [0.1, 0.15) is 65.2 Å². The molecule has 0 amide bonds. The molecule has 0 spiro atoms. The van der Waals surface area contributed by atoms with E-state index in [4.69, 9.17) is 17.7 Å². The van der Waals surface area contributed by atoms with Gasteiger partial charge >= 0.3 is 11.5 Å². The largest absolute Gasteiger partial charge is 0.741 e. The highest BCUT2D eigenvalue weighted by Crippen LogP contribution is 2.60. The van der Waals surface area contributed by atoms with E-state index in [1.165, 1.54) is 38.5 Å². The van der Waals surface area contributed by atoms with Crippen LogP contribution < -0.4 is 0 Å². The van der Waals surface area contributed by atoms with Crippen molar-refractivity contribution in [2.75, 3.05) is 17.3 Å². The molecule has 5 fully saturated rings. The standard InChI is InChI=1S/C22H33O3S.CHF3O3S/c1-15(2)20(24)25-21(3)4-6-26(7-5-21)14-19(23)22-11-16-8-17(12-22)10-18(9-16)13-22;2-1(3,4)8(5,6)7/h16-18H,1,4-14H2,2-3H3;(H,5,6,7)/q+1;/p-1. The van der Waals surface area contributed by atoms with Crippen molar-refractivity contribution in [3.8, 4) is 0 Å². The van der Waals surface area contributed by atoms with Crippen molar-refractivity contribution in [1.82, 2.24) is 0 Å². The lowest BCUT2D eigenvalue weighted by atomic mass is 9.48. The number of Topliss-reactive ketones (excluding diaryl/α,β-unsaturated/α-hetero) is 1. The van der Waals surface area contributed by atoms with Crippen molar-refractivity contribution in [1.29, 1.82) is 0 Å². The predicted molar refractivity (Wildman–Crippen MR) is 122 cm³/mol. The van der Waals surface area contributed by atoms with E-state index in [2.05, 4.69) is 6.58 Å². The molecule has 5 rings (SSSR count). The Morgan fingerprint density at radius 2 is 1.47 bits per heavy atom. The fourth-order valence-electron chi connectivity index (χ4n) is 6.30. The molecule has 4 aliphatic carbocycles. The molecule has 1 heterocycles. The molecule has 0 N–H and O–H groups in total. The SMILES string of the molecule is C=C(C)C(=O)OC1(C)CC[S+](CC(=O)C23CC4CC(CC(C4)C2)C3)CC1.O=S(=O)([O-])C(F)(F)F. The predicted octanol–water partition coefficient (Wildman–Crippen LogP) is 4.11. The van der Waals surface area contributed by atoms with Gasteiger partial charge in [0.15, 0.2) is 21.7 Å². The van der Waals surface area contributed by atoms with Crippen LogP contribution in [0.5, 0.6) is 0 Å². The van der Waals surface area contributed by atoms with Crippen LogP contribution in [0.4, 0.5) is 13.2 Å². The van der Waals surface area contributed by atoms with E-state index in [0.717, 1.165) is 47.9 Å². The topological polar surface area (TPSA) is 101 Å². The zero-order valence-corrected chi connectivity index (χ0v) is 21.3. The molecular weight excluding hydrogens is 493 g/mol. The molecule has 11 heteroatoms. The first-order valence-electron chi connectivity index (χ1n) is 11.6. The number of rotatable bonds is 5. The second kappa shape index (κ2) is 9.76. The van der Waals surface area contributed by atoms with Crippen molar-refractivity contribution in [2.24, 2.45) is 23.2 Å². The summed E-state index contributed by atoms with van der Waals surface area (Å²) in [6, 6.07) is 0. The van der Waals surface area contributed by atoms with E-state index in [-0.39, 0.29) is 27.9 Å². The first-order valence-corrected chi connectivity index (χ1v) is 14.7. The monoisotopic (exact) mass is 526 g/mol. The third-order valence-electron chi connectivity index (χ3n) is 7.78. The summed E-state index contributed by atoms with van der Waals surface area (Å²) in [4.78, 5) is 25.2. The average Bonchev–Trinajstić information content (AvgIpc) is 2.67. The van der Waals surface area contributed by atoms with Gasteiger partial charge in [-0.3, -0.25) is 4.79 Å². The zero-order chi connectivity index (χ0) is 25.5. The Labute approximate surface area is 202 Å². The zero-order valence-electron chi connectivity index (χ0n) is 19.6. The Hall–Kier alpha value is -1.07. The minimum Gasteiger partial charge on any atom is -0.741 e. The van der Waals surface area contributed by atoms with E-state index < -0.39 is 15.6 Å². The summed E-state index contributed by atoms with van der Waals surface area (Å²) in [5.74, 6) is 5.66. The second-order valence-corrected chi connectivity index (χ2v) is 14.5. The number of ether oxygens (including phenoxy) is 1. The van der Waals surface area contributed by atoms with Gasteiger partial charge in [-0.2, -0.15) is 13.2 Å². The molecule has 0 radical (unpaired) electrons. The molecule has 1 saturated heterocycles. The first-order chi connectivity index (χ1) is 15.5. The quantitative estimate of drug-likeness (QED) is 0.176. The third-order valence-corrected chi connectivity index (χ3v) is 10.6. The summed E-state index contributed by atoms with van der Waals surface area (Å²) >= 11 is 0. The van der Waals surface area contributed by atoms with Crippen LogP contribution in [0, 0.1) is 23.2 Å². The van der Waals surface area contributed by atoms with Crippen molar-refractivity contribution < 1.29 is 40.5 Å². The van der Waals surface area contributed by atoms with Crippen molar-refractivity contribution in [3.05, 3.63) is 12.2 Å². The maximum Gasteiger partial charge on any atom is 0.485 e. The smallest absolute Gasteiger partial charge is 0.485 e. The van der Waals surface area contributed by atoms with E-state index in [1.807, 2.05) is 6.92 Å². The van der Waals surface area contributed by atoms with Gasteiger partial charge in [-0.1, -0.05) is 6.58 Å². The normalized spacial score (nSPS) is 36.9. The Kier molecular flexibility index (Phi) is 7.90. The van der Waals surface area contributed by atoms with Gasteiger partial charge in [-0.25, -0.2) is 13.2 Å². The molecule has 4 saturated carbocycles. The number of hydrogen-bond acceptors (Lipinski definition) is 6.